The summed E-state index contributed by atoms with van der Waals surface area (Å²) in [4.78, 5) is 44.9. The maximum Gasteiger partial charge on any atom is 0.306 e. The molecule has 3 atom stereocenters. The van der Waals surface area contributed by atoms with Crippen LogP contribution in [0.2, 0.25) is 5.02 Å². The lowest BCUT2D eigenvalue weighted by molar-refractivity contribution is -0.140. The van der Waals surface area contributed by atoms with Crippen LogP contribution in [0.5, 0.6) is 28.7 Å². The van der Waals surface area contributed by atoms with E-state index in [-0.39, 0.29) is 52.9 Å². The van der Waals surface area contributed by atoms with Crippen molar-refractivity contribution in [3.63, 3.8) is 0 Å². The zero-order valence-electron chi connectivity index (χ0n) is 25.6. The number of hydrogen-bond acceptors (Lipinski definition) is 11. The summed E-state index contributed by atoms with van der Waals surface area (Å²) in [5.41, 5.74) is -1.74. The number of ketones is 2. The van der Waals surface area contributed by atoms with Gasteiger partial charge in [0, 0.05) is 49.3 Å². The van der Waals surface area contributed by atoms with Gasteiger partial charge in [-0.05, 0) is 17.7 Å². The Morgan fingerprint density at radius 1 is 1.11 bits per heavy atom. The number of hydrogen-bond donors (Lipinski definition) is 1. The van der Waals surface area contributed by atoms with Crippen molar-refractivity contribution in [2.75, 3.05) is 28.4 Å². The second-order valence-electron chi connectivity index (χ2n) is 10.7. The Balaban J connectivity index is 1.62. The molecule has 13 heteroatoms. The molecule has 1 aliphatic carbocycles. The molecule has 0 saturated heterocycles. The minimum Gasteiger partial charge on any atom is -0.507 e. The second-order valence-corrected chi connectivity index (χ2v) is 11.1. The van der Waals surface area contributed by atoms with Gasteiger partial charge in [-0.15, -0.1) is 0 Å². The van der Waals surface area contributed by atoms with E-state index >= 15 is 0 Å². The fraction of sp³-hybridized carbons (Fsp3) is 0.375. The van der Waals surface area contributed by atoms with Gasteiger partial charge in [0.05, 0.1) is 34.9 Å². The first-order valence-corrected chi connectivity index (χ1v) is 14.4. The zero-order valence-corrected chi connectivity index (χ0v) is 26.4. The van der Waals surface area contributed by atoms with Crippen molar-refractivity contribution in [1.29, 1.82) is 0 Å². The lowest BCUT2D eigenvalue weighted by Crippen LogP contribution is -2.53. The minimum absolute atomic E-state index is 0.00829. The molecule has 1 unspecified atom stereocenters. The van der Waals surface area contributed by atoms with Crippen molar-refractivity contribution in [2.45, 2.75) is 37.9 Å². The van der Waals surface area contributed by atoms with Crippen LogP contribution in [0.15, 0.2) is 48.0 Å². The molecular formula is C32H33ClN2O10. The van der Waals surface area contributed by atoms with Crippen molar-refractivity contribution in [2.24, 2.45) is 13.0 Å². The molecule has 1 N–H and O–H groups in total. The Labute approximate surface area is 264 Å². The number of carbonyl (C=O) groups is 3. The normalized spacial score (nSPS) is 19.7. The number of esters is 1. The van der Waals surface area contributed by atoms with E-state index < -0.39 is 40.7 Å². The Hall–Kier alpha value is -4.71. The van der Waals surface area contributed by atoms with Gasteiger partial charge in [-0.2, -0.15) is 0 Å². The number of aryl methyl sites for hydroxylation is 1. The predicted molar refractivity (Wildman–Crippen MR) is 161 cm³/mol. The number of aromatic nitrogens is 2. The number of benzene rings is 2. The molecule has 45 heavy (non-hydrogen) atoms. The molecule has 0 fully saturated rings. The SMILES string of the molecule is COC(=O)CC(C1=C(O)[C@@]2(Oc3c(Cl)c(OC)cc(OC)c3C2=O)[C@H](C)CC1=O)c1ccc(OCc2nccn2C)c(OC)c1. The zero-order chi connectivity index (χ0) is 32.6. The van der Waals surface area contributed by atoms with Crippen LogP contribution in [0, 0.1) is 5.92 Å². The number of aliphatic hydroxyl groups excluding tert-OH is 1. The third-order valence-corrected chi connectivity index (χ3v) is 8.68. The molecule has 1 aliphatic heterocycles. The first-order chi connectivity index (χ1) is 21.5. The summed E-state index contributed by atoms with van der Waals surface area (Å²) in [6, 6.07) is 6.34. The summed E-state index contributed by atoms with van der Waals surface area (Å²) in [5, 5.41) is 12.0. The standard InChI is InChI=1S/C32H33ClN2O10/c1-16-11-19(36)26(30(38)32(16)31(39)27-22(41-4)14-23(42-5)28(33)29(27)45-32)18(13-25(37)43-6)17-7-8-20(21(12-17)40-3)44-15-24-34-9-10-35(24)2/h7-10,12,14,16,18,38H,11,13,15H2,1-6H3/t16-,18?,32+/m1/s1. The number of ether oxygens (including phenoxy) is 6. The average Bonchev–Trinajstić information content (AvgIpc) is 3.59. The summed E-state index contributed by atoms with van der Waals surface area (Å²) >= 11 is 6.56. The fourth-order valence-corrected chi connectivity index (χ4v) is 6.14. The molecule has 0 amide bonds. The molecule has 12 nitrogen and oxygen atoms in total. The smallest absolute Gasteiger partial charge is 0.306 e. The highest BCUT2D eigenvalue weighted by Gasteiger charge is 2.61. The maximum absolute atomic E-state index is 14.2. The van der Waals surface area contributed by atoms with E-state index in [0.717, 1.165) is 0 Å². The summed E-state index contributed by atoms with van der Waals surface area (Å²) < 4.78 is 35.3. The molecule has 0 radical (unpaired) electrons. The van der Waals surface area contributed by atoms with Crippen molar-refractivity contribution in [3.05, 3.63) is 70.0 Å². The fourth-order valence-electron chi connectivity index (χ4n) is 5.87. The van der Waals surface area contributed by atoms with Crippen LogP contribution in [0.4, 0.5) is 0 Å². The summed E-state index contributed by atoms with van der Waals surface area (Å²) in [6.45, 7) is 1.78. The highest BCUT2D eigenvalue weighted by atomic mass is 35.5. The molecule has 238 valence electrons. The molecule has 3 aromatic rings. The van der Waals surface area contributed by atoms with Gasteiger partial charge >= 0.3 is 5.97 Å². The van der Waals surface area contributed by atoms with Crippen molar-refractivity contribution in [3.8, 4) is 28.7 Å². The van der Waals surface area contributed by atoms with E-state index in [0.29, 0.717) is 22.9 Å². The molecular weight excluding hydrogens is 608 g/mol. The van der Waals surface area contributed by atoms with E-state index in [1.807, 2.05) is 11.6 Å². The molecule has 5 rings (SSSR count). The van der Waals surface area contributed by atoms with Gasteiger partial charge in [0.15, 0.2) is 28.8 Å². The molecule has 1 aromatic heterocycles. The van der Waals surface area contributed by atoms with Crippen LogP contribution < -0.4 is 23.7 Å². The molecule has 2 heterocycles. The Morgan fingerprint density at radius 2 is 1.82 bits per heavy atom. The molecule has 0 bridgehead atoms. The second kappa shape index (κ2) is 12.4. The van der Waals surface area contributed by atoms with E-state index in [1.165, 1.54) is 34.5 Å². The van der Waals surface area contributed by atoms with Crippen LogP contribution in [0.1, 0.15) is 47.4 Å². The van der Waals surface area contributed by atoms with Gasteiger partial charge in [-0.3, -0.25) is 14.4 Å². The van der Waals surface area contributed by atoms with Crippen LogP contribution in [0.25, 0.3) is 0 Å². The van der Waals surface area contributed by atoms with E-state index in [9.17, 15) is 19.5 Å². The number of fused-ring (bicyclic) bond motifs is 1. The van der Waals surface area contributed by atoms with E-state index in [2.05, 4.69) is 4.98 Å². The largest absolute Gasteiger partial charge is 0.507 e. The number of nitrogens with zero attached hydrogens (tertiary/aromatic N) is 2. The van der Waals surface area contributed by atoms with Crippen molar-refractivity contribution < 1.29 is 47.9 Å². The number of methoxy groups -OCH3 is 4. The quantitative estimate of drug-likeness (QED) is 0.306. The number of carbonyl (C=O) groups excluding carboxylic acids is 3. The number of imidazole rings is 1. The van der Waals surface area contributed by atoms with Gasteiger partial charge in [-0.25, -0.2) is 4.98 Å². The summed E-state index contributed by atoms with van der Waals surface area (Å²) in [6.07, 6.45) is 2.95. The monoisotopic (exact) mass is 640 g/mol. The Kier molecular flexibility index (Phi) is 8.70. The maximum atomic E-state index is 14.2. The number of halogens is 1. The highest BCUT2D eigenvalue weighted by molar-refractivity contribution is 6.35. The first kappa shape index (κ1) is 31.7. The number of allylic oxidation sites excluding steroid dienone is 1. The van der Waals surface area contributed by atoms with Crippen LogP contribution >= 0.6 is 11.6 Å². The molecule has 2 aliphatic rings. The van der Waals surface area contributed by atoms with Crippen LogP contribution in [-0.2, 0) is 28.0 Å². The van der Waals surface area contributed by atoms with Gasteiger partial charge in [0.25, 0.3) is 0 Å². The minimum atomic E-state index is -2.02. The van der Waals surface area contributed by atoms with Crippen molar-refractivity contribution >= 4 is 29.1 Å². The lowest BCUT2D eigenvalue weighted by atomic mass is 9.69. The van der Waals surface area contributed by atoms with Gasteiger partial charge in [0.1, 0.15) is 34.5 Å². The van der Waals surface area contributed by atoms with Crippen LogP contribution in [-0.4, -0.2) is 66.2 Å². The molecule has 0 saturated carbocycles. The molecule has 1 spiro atoms. The van der Waals surface area contributed by atoms with Gasteiger partial charge in [0.2, 0.25) is 11.4 Å². The first-order valence-electron chi connectivity index (χ1n) is 14.0. The molecule has 2 aromatic carbocycles. The van der Waals surface area contributed by atoms with Crippen molar-refractivity contribution in [1.82, 2.24) is 9.55 Å². The van der Waals surface area contributed by atoms with E-state index in [1.54, 1.807) is 37.5 Å². The third kappa shape index (κ3) is 5.22. The topological polar surface area (TPSA) is 145 Å². The highest BCUT2D eigenvalue weighted by Crippen LogP contribution is 2.56. The number of aliphatic hydroxyl groups is 1. The number of Topliss-reactive ketones (excluding diaryl/α,β-unsaturated/α-hetero) is 2. The Morgan fingerprint density at radius 3 is 2.44 bits per heavy atom. The average molecular weight is 641 g/mol. The van der Waals surface area contributed by atoms with E-state index in [4.69, 9.17) is 40.0 Å². The summed E-state index contributed by atoms with van der Waals surface area (Å²) in [7, 11) is 7.29. The lowest BCUT2D eigenvalue weighted by Gasteiger charge is -2.38. The van der Waals surface area contributed by atoms with Gasteiger partial charge < -0.3 is 38.1 Å². The van der Waals surface area contributed by atoms with Crippen LogP contribution in [0.3, 0.4) is 0 Å². The third-order valence-electron chi connectivity index (χ3n) is 8.33. The Bertz CT molecular complexity index is 1710. The van der Waals surface area contributed by atoms with Gasteiger partial charge in [-0.1, -0.05) is 24.6 Å². The summed E-state index contributed by atoms with van der Waals surface area (Å²) in [5.74, 6) is -2.54. The predicted octanol–water partition coefficient (Wildman–Crippen LogP) is 4.76. The number of rotatable bonds is 10.